The number of thioether (sulfide) groups is 1. The Morgan fingerprint density at radius 3 is 2.64 bits per heavy atom. The lowest BCUT2D eigenvalue weighted by molar-refractivity contribution is -0.116. The lowest BCUT2D eigenvalue weighted by atomic mass is 10.1. The van der Waals surface area contributed by atoms with Crippen molar-refractivity contribution in [2.24, 2.45) is 0 Å². The second-order valence-corrected chi connectivity index (χ2v) is 9.86. The summed E-state index contributed by atoms with van der Waals surface area (Å²) in [5.41, 5.74) is 2.75. The Bertz CT molecular complexity index is 1560. The second-order valence-electron chi connectivity index (χ2n) is 8.92. The van der Waals surface area contributed by atoms with Crippen molar-refractivity contribution in [3.63, 3.8) is 0 Å². The van der Waals surface area contributed by atoms with Gasteiger partial charge >= 0.3 is 0 Å². The van der Waals surface area contributed by atoms with Crippen LogP contribution in [-0.4, -0.2) is 37.6 Å². The molecule has 36 heavy (non-hydrogen) atoms. The summed E-state index contributed by atoms with van der Waals surface area (Å²) in [6.07, 6.45) is 2.47. The van der Waals surface area contributed by atoms with Crippen LogP contribution in [0.1, 0.15) is 18.2 Å². The molecule has 0 bridgehead atoms. The number of anilines is 1. The van der Waals surface area contributed by atoms with Crippen LogP contribution in [0.25, 0.3) is 22.2 Å². The van der Waals surface area contributed by atoms with E-state index in [0.717, 1.165) is 28.6 Å². The molecule has 6 rings (SSSR count). The van der Waals surface area contributed by atoms with Crippen molar-refractivity contribution in [2.45, 2.75) is 31.1 Å². The SMILES string of the molecule is CC1Cc2ccccc2N1C(=O)CSc1nnc(-c2cc3ccccc3cc2O)n1Cc1ccco1. The number of hydrogen-bond acceptors (Lipinski definition) is 6. The smallest absolute Gasteiger partial charge is 0.237 e. The van der Waals surface area contributed by atoms with E-state index in [2.05, 4.69) is 23.2 Å². The molecule has 1 atom stereocenters. The summed E-state index contributed by atoms with van der Waals surface area (Å²) in [6, 6.07) is 23.4. The molecule has 1 aliphatic heterocycles. The van der Waals surface area contributed by atoms with Gasteiger partial charge in [0.2, 0.25) is 5.91 Å². The molecule has 3 heterocycles. The first-order valence-corrected chi connectivity index (χ1v) is 12.8. The van der Waals surface area contributed by atoms with Gasteiger partial charge in [0, 0.05) is 11.7 Å². The summed E-state index contributed by atoms with van der Waals surface area (Å²) in [5.74, 6) is 1.62. The third kappa shape index (κ3) is 4.03. The largest absolute Gasteiger partial charge is 0.507 e. The first-order chi connectivity index (χ1) is 17.6. The zero-order chi connectivity index (χ0) is 24.6. The van der Waals surface area contributed by atoms with E-state index >= 15 is 0 Å². The highest BCUT2D eigenvalue weighted by Gasteiger charge is 2.31. The Morgan fingerprint density at radius 1 is 1.06 bits per heavy atom. The average molecular weight is 497 g/mol. The van der Waals surface area contributed by atoms with E-state index in [4.69, 9.17) is 4.42 Å². The minimum Gasteiger partial charge on any atom is -0.507 e. The lowest BCUT2D eigenvalue weighted by Gasteiger charge is -2.22. The van der Waals surface area contributed by atoms with Crippen LogP contribution in [-0.2, 0) is 17.8 Å². The van der Waals surface area contributed by atoms with Crippen LogP contribution in [0, 0.1) is 0 Å². The fraction of sp³-hybridized carbons (Fsp3) is 0.179. The number of phenolic OH excluding ortho intramolecular Hbond substituents is 1. The fourth-order valence-corrected chi connectivity index (χ4v) is 5.64. The van der Waals surface area contributed by atoms with Crippen LogP contribution < -0.4 is 4.90 Å². The molecule has 5 aromatic rings. The van der Waals surface area contributed by atoms with Crippen LogP contribution in [0.4, 0.5) is 5.69 Å². The Balaban J connectivity index is 1.32. The summed E-state index contributed by atoms with van der Waals surface area (Å²) in [5, 5.41) is 22.2. The van der Waals surface area contributed by atoms with Crippen molar-refractivity contribution in [1.82, 2.24) is 14.8 Å². The van der Waals surface area contributed by atoms with Gasteiger partial charge in [-0.2, -0.15) is 0 Å². The van der Waals surface area contributed by atoms with Crippen molar-refractivity contribution >= 4 is 34.1 Å². The lowest BCUT2D eigenvalue weighted by Crippen LogP contribution is -2.37. The number of para-hydroxylation sites is 1. The summed E-state index contributed by atoms with van der Waals surface area (Å²) >= 11 is 1.34. The third-order valence-corrected chi connectivity index (χ3v) is 7.47. The molecule has 0 saturated carbocycles. The molecule has 1 aliphatic rings. The van der Waals surface area contributed by atoms with Crippen molar-refractivity contribution in [3.8, 4) is 17.1 Å². The first-order valence-electron chi connectivity index (χ1n) is 11.8. The van der Waals surface area contributed by atoms with Crippen molar-refractivity contribution < 1.29 is 14.3 Å². The maximum atomic E-state index is 13.3. The molecule has 7 nitrogen and oxygen atoms in total. The van der Waals surface area contributed by atoms with E-state index in [1.54, 1.807) is 12.3 Å². The molecule has 3 aromatic carbocycles. The van der Waals surface area contributed by atoms with Gasteiger partial charge in [0.05, 0.1) is 24.1 Å². The van der Waals surface area contributed by atoms with Gasteiger partial charge in [-0.25, -0.2) is 0 Å². The summed E-state index contributed by atoms with van der Waals surface area (Å²) in [4.78, 5) is 15.2. The highest BCUT2D eigenvalue weighted by atomic mass is 32.2. The van der Waals surface area contributed by atoms with E-state index in [1.807, 2.05) is 70.1 Å². The van der Waals surface area contributed by atoms with E-state index in [9.17, 15) is 9.90 Å². The molecule has 0 fully saturated rings. The van der Waals surface area contributed by atoms with E-state index in [1.165, 1.54) is 17.3 Å². The van der Waals surface area contributed by atoms with E-state index in [-0.39, 0.29) is 23.5 Å². The number of amides is 1. The zero-order valence-electron chi connectivity index (χ0n) is 19.7. The molecule has 0 saturated heterocycles. The highest BCUT2D eigenvalue weighted by Crippen LogP contribution is 2.36. The molecular formula is C28H24N4O3S. The summed E-state index contributed by atoms with van der Waals surface area (Å²) < 4.78 is 7.48. The third-order valence-electron chi connectivity index (χ3n) is 6.52. The normalized spacial score (nSPS) is 14.9. The number of furan rings is 1. The average Bonchev–Trinajstić information content (AvgIpc) is 3.61. The molecular weight excluding hydrogens is 472 g/mol. The summed E-state index contributed by atoms with van der Waals surface area (Å²) in [7, 11) is 0. The second kappa shape index (κ2) is 9.20. The minimum absolute atomic E-state index is 0.0279. The van der Waals surface area contributed by atoms with E-state index < -0.39 is 0 Å². The monoisotopic (exact) mass is 496 g/mol. The van der Waals surface area contributed by atoms with Gasteiger partial charge < -0.3 is 14.4 Å². The van der Waals surface area contributed by atoms with Crippen molar-refractivity contribution in [1.29, 1.82) is 0 Å². The number of fused-ring (bicyclic) bond motifs is 2. The predicted octanol–water partition coefficient (Wildman–Crippen LogP) is 5.52. The summed E-state index contributed by atoms with van der Waals surface area (Å²) in [6.45, 7) is 2.45. The van der Waals surface area contributed by atoms with Crippen LogP contribution in [0.5, 0.6) is 5.75 Å². The predicted molar refractivity (Wildman–Crippen MR) is 140 cm³/mol. The number of nitrogens with zero attached hydrogens (tertiary/aromatic N) is 4. The number of hydrogen-bond donors (Lipinski definition) is 1. The topological polar surface area (TPSA) is 84.4 Å². The number of carbonyl (C=O) groups is 1. The molecule has 0 aliphatic carbocycles. The van der Waals surface area contributed by atoms with Crippen LogP contribution in [0.3, 0.4) is 0 Å². The molecule has 1 amide bonds. The fourth-order valence-electron chi connectivity index (χ4n) is 4.84. The quantitative estimate of drug-likeness (QED) is 0.312. The van der Waals surface area contributed by atoms with Gasteiger partial charge in [-0.05, 0) is 60.0 Å². The van der Waals surface area contributed by atoms with Crippen molar-refractivity contribution in [3.05, 3.63) is 90.4 Å². The van der Waals surface area contributed by atoms with Crippen molar-refractivity contribution in [2.75, 3.05) is 10.7 Å². The molecule has 1 N–H and O–H groups in total. The molecule has 0 spiro atoms. The molecule has 180 valence electrons. The highest BCUT2D eigenvalue weighted by molar-refractivity contribution is 7.99. The maximum Gasteiger partial charge on any atom is 0.237 e. The van der Waals surface area contributed by atoms with Gasteiger partial charge in [-0.15, -0.1) is 10.2 Å². The number of aromatic hydroxyl groups is 1. The van der Waals surface area contributed by atoms with E-state index in [0.29, 0.717) is 23.1 Å². The number of rotatable bonds is 6. The van der Waals surface area contributed by atoms with Crippen LogP contribution in [0.15, 0.2) is 88.6 Å². The standard InChI is InChI=1S/C28H24N4O3S/c1-18-13-21-9-4-5-11-24(21)32(18)26(34)17-36-28-30-29-27(31(28)16-22-10-6-12-35-22)23-14-19-7-2-3-8-20(19)15-25(23)33/h2-12,14-15,18,33H,13,16-17H2,1H3. The number of benzene rings is 3. The molecule has 8 heteroatoms. The minimum atomic E-state index is 0.0279. The van der Waals surface area contributed by atoms with Crippen LogP contribution >= 0.6 is 11.8 Å². The van der Waals surface area contributed by atoms with Gasteiger partial charge in [0.1, 0.15) is 11.5 Å². The number of aromatic nitrogens is 3. The Labute approximate surface area is 212 Å². The number of phenols is 1. The zero-order valence-corrected chi connectivity index (χ0v) is 20.5. The number of carbonyl (C=O) groups excluding carboxylic acids is 1. The molecule has 1 unspecified atom stereocenters. The first kappa shape index (κ1) is 22.4. The molecule has 2 aromatic heterocycles. The Hall–Kier alpha value is -4.04. The van der Waals surface area contributed by atoms with Crippen LogP contribution in [0.2, 0.25) is 0 Å². The van der Waals surface area contributed by atoms with Gasteiger partial charge in [-0.3, -0.25) is 9.36 Å². The Morgan fingerprint density at radius 2 is 1.83 bits per heavy atom. The maximum absolute atomic E-state index is 13.3. The Kier molecular flexibility index (Phi) is 5.73. The van der Waals surface area contributed by atoms with Gasteiger partial charge in [0.15, 0.2) is 11.0 Å². The molecule has 0 radical (unpaired) electrons. The van der Waals surface area contributed by atoms with Gasteiger partial charge in [-0.1, -0.05) is 54.2 Å². The van der Waals surface area contributed by atoms with Gasteiger partial charge in [0.25, 0.3) is 0 Å².